The Labute approximate surface area is 157 Å². The van der Waals surface area contributed by atoms with Gasteiger partial charge in [0.25, 0.3) is 0 Å². The Kier molecular flexibility index (Phi) is 6.74. The SMILES string of the molecule is BrC(OC(Br)=C(Br)c1ccccc1)=C(Br)c1ccccc1. The van der Waals surface area contributed by atoms with Crippen LogP contribution in [-0.2, 0) is 4.74 Å². The maximum absolute atomic E-state index is 5.78. The van der Waals surface area contributed by atoms with Crippen LogP contribution in [0.25, 0.3) is 8.96 Å². The maximum Gasteiger partial charge on any atom is 0.185 e. The van der Waals surface area contributed by atoms with E-state index in [1.165, 1.54) is 0 Å². The van der Waals surface area contributed by atoms with Gasteiger partial charge in [-0.2, -0.15) is 0 Å². The second-order valence-corrected chi connectivity index (χ2v) is 7.04. The third-order valence-electron chi connectivity index (χ3n) is 2.58. The molecule has 2 aromatic carbocycles. The van der Waals surface area contributed by atoms with E-state index in [-0.39, 0.29) is 0 Å². The molecule has 21 heavy (non-hydrogen) atoms. The van der Waals surface area contributed by atoms with Crippen LogP contribution in [0.1, 0.15) is 11.1 Å². The molecule has 2 rings (SSSR count). The zero-order valence-electron chi connectivity index (χ0n) is 10.7. The molecule has 0 bridgehead atoms. The van der Waals surface area contributed by atoms with Crippen LogP contribution in [0.3, 0.4) is 0 Å². The van der Waals surface area contributed by atoms with E-state index in [4.69, 9.17) is 4.74 Å². The predicted molar refractivity (Wildman–Crippen MR) is 104 cm³/mol. The topological polar surface area (TPSA) is 9.23 Å². The van der Waals surface area contributed by atoms with Crippen LogP contribution in [0.15, 0.2) is 70.0 Å². The van der Waals surface area contributed by atoms with Crippen LogP contribution in [0.2, 0.25) is 0 Å². The first-order chi connectivity index (χ1) is 10.1. The van der Waals surface area contributed by atoms with Crippen LogP contribution in [-0.4, -0.2) is 0 Å². The van der Waals surface area contributed by atoms with E-state index in [2.05, 4.69) is 63.7 Å². The summed E-state index contributed by atoms with van der Waals surface area (Å²) in [4.78, 5) is 0. The summed E-state index contributed by atoms with van der Waals surface area (Å²) in [5, 5.41) is 0. The fraction of sp³-hybridized carbons (Fsp3) is 0. The zero-order valence-corrected chi connectivity index (χ0v) is 17.0. The molecule has 108 valence electrons. The van der Waals surface area contributed by atoms with Crippen LogP contribution in [0, 0.1) is 0 Å². The third-order valence-corrected chi connectivity index (χ3v) is 6.40. The highest BCUT2D eigenvalue weighted by Crippen LogP contribution is 2.36. The van der Waals surface area contributed by atoms with Crippen molar-refractivity contribution in [1.82, 2.24) is 0 Å². The van der Waals surface area contributed by atoms with Crippen molar-refractivity contribution in [3.05, 3.63) is 81.1 Å². The van der Waals surface area contributed by atoms with Crippen LogP contribution >= 0.6 is 63.7 Å². The first kappa shape index (κ1) is 17.0. The van der Waals surface area contributed by atoms with E-state index in [1.807, 2.05) is 60.7 Å². The second-order valence-electron chi connectivity index (χ2n) is 4.01. The molecule has 0 atom stereocenters. The first-order valence-corrected chi connectivity index (χ1v) is 9.16. The number of hydrogen-bond donors (Lipinski definition) is 0. The van der Waals surface area contributed by atoms with Gasteiger partial charge in [-0.3, -0.25) is 0 Å². The third kappa shape index (κ3) is 4.81. The molecule has 0 radical (unpaired) electrons. The summed E-state index contributed by atoms with van der Waals surface area (Å²) in [7, 11) is 0. The van der Waals surface area contributed by atoms with Gasteiger partial charge >= 0.3 is 0 Å². The lowest BCUT2D eigenvalue weighted by Gasteiger charge is -2.09. The fourth-order valence-corrected chi connectivity index (χ4v) is 3.25. The minimum absolute atomic E-state index is 0.591. The van der Waals surface area contributed by atoms with E-state index in [1.54, 1.807) is 0 Å². The number of ether oxygens (including phenoxy) is 1. The molecule has 2 aromatic rings. The molecule has 0 unspecified atom stereocenters. The molecular formula is C16H10Br4O. The average Bonchev–Trinajstić information content (AvgIpc) is 2.55. The largest absolute Gasteiger partial charge is 0.440 e. The Morgan fingerprint density at radius 2 is 0.905 bits per heavy atom. The van der Waals surface area contributed by atoms with Crippen molar-refractivity contribution >= 4 is 72.7 Å². The molecule has 0 saturated carbocycles. The van der Waals surface area contributed by atoms with Gasteiger partial charge in [0.1, 0.15) is 0 Å². The quantitative estimate of drug-likeness (QED) is 0.374. The number of halogens is 4. The maximum atomic E-state index is 5.78. The summed E-state index contributed by atoms with van der Waals surface area (Å²) in [6.45, 7) is 0. The van der Waals surface area contributed by atoms with Crippen molar-refractivity contribution in [2.24, 2.45) is 0 Å². The highest BCUT2D eigenvalue weighted by Gasteiger charge is 2.10. The molecule has 0 aliphatic rings. The summed E-state index contributed by atoms with van der Waals surface area (Å²) < 4.78 is 8.65. The van der Waals surface area contributed by atoms with Gasteiger partial charge in [-0.1, -0.05) is 60.7 Å². The summed E-state index contributed by atoms with van der Waals surface area (Å²) in [6.07, 6.45) is 0. The molecule has 0 spiro atoms. The Hall–Kier alpha value is -0.360. The molecule has 0 heterocycles. The first-order valence-electron chi connectivity index (χ1n) is 5.99. The number of benzene rings is 2. The summed E-state index contributed by atoms with van der Waals surface area (Å²) in [5.41, 5.74) is 2.06. The monoisotopic (exact) mass is 534 g/mol. The lowest BCUT2D eigenvalue weighted by Crippen LogP contribution is -1.87. The van der Waals surface area contributed by atoms with E-state index >= 15 is 0 Å². The molecule has 0 amide bonds. The standard InChI is InChI=1S/C16H10Br4O/c17-13(11-7-3-1-4-8-11)15(19)21-16(20)14(18)12-9-5-2-6-10-12/h1-10H. The Balaban J connectivity index is 2.24. The summed E-state index contributed by atoms with van der Waals surface area (Å²) in [6, 6.07) is 19.8. The van der Waals surface area contributed by atoms with Gasteiger partial charge in [-0.25, -0.2) is 0 Å². The van der Waals surface area contributed by atoms with Crippen molar-refractivity contribution in [2.75, 3.05) is 0 Å². The van der Waals surface area contributed by atoms with Crippen molar-refractivity contribution < 1.29 is 4.74 Å². The molecule has 0 aliphatic carbocycles. The highest BCUT2D eigenvalue weighted by atomic mass is 79.9. The minimum atomic E-state index is 0.591. The van der Waals surface area contributed by atoms with Gasteiger partial charge in [-0.05, 0) is 74.8 Å². The van der Waals surface area contributed by atoms with Gasteiger partial charge in [0.05, 0.1) is 8.96 Å². The predicted octanol–water partition coefficient (Wildman–Crippen LogP) is 7.24. The Bertz CT molecular complexity index is 604. The van der Waals surface area contributed by atoms with E-state index in [0.29, 0.717) is 9.34 Å². The van der Waals surface area contributed by atoms with Crippen molar-refractivity contribution in [1.29, 1.82) is 0 Å². The normalized spacial score (nSPS) is 13.3. The van der Waals surface area contributed by atoms with E-state index < -0.39 is 0 Å². The fourth-order valence-electron chi connectivity index (χ4n) is 1.56. The van der Waals surface area contributed by atoms with Crippen LogP contribution in [0.4, 0.5) is 0 Å². The molecule has 0 N–H and O–H groups in total. The average molecular weight is 538 g/mol. The molecule has 0 aromatic heterocycles. The zero-order chi connectivity index (χ0) is 15.2. The number of rotatable bonds is 4. The van der Waals surface area contributed by atoms with Crippen LogP contribution < -0.4 is 0 Å². The lowest BCUT2D eigenvalue weighted by atomic mass is 10.2. The molecule has 1 nitrogen and oxygen atoms in total. The van der Waals surface area contributed by atoms with Gasteiger partial charge in [0.2, 0.25) is 0 Å². The van der Waals surface area contributed by atoms with Gasteiger partial charge in [0, 0.05) is 0 Å². The van der Waals surface area contributed by atoms with E-state index in [9.17, 15) is 0 Å². The molecule has 5 heteroatoms. The molecular weight excluding hydrogens is 528 g/mol. The van der Waals surface area contributed by atoms with Crippen molar-refractivity contribution in [2.45, 2.75) is 0 Å². The Morgan fingerprint density at radius 1 is 0.571 bits per heavy atom. The van der Waals surface area contributed by atoms with Gasteiger partial charge in [-0.15, -0.1) is 0 Å². The van der Waals surface area contributed by atoms with E-state index in [0.717, 1.165) is 20.1 Å². The summed E-state index contributed by atoms with van der Waals surface area (Å²) >= 11 is 14.0. The van der Waals surface area contributed by atoms with Gasteiger partial charge < -0.3 is 4.74 Å². The number of hydrogen-bond acceptors (Lipinski definition) is 1. The molecule has 0 saturated heterocycles. The minimum Gasteiger partial charge on any atom is -0.440 e. The molecule has 0 aliphatic heterocycles. The van der Waals surface area contributed by atoms with Gasteiger partial charge in [0.15, 0.2) is 9.34 Å². The molecule has 0 fully saturated rings. The highest BCUT2D eigenvalue weighted by molar-refractivity contribution is 9.17. The Morgan fingerprint density at radius 3 is 1.24 bits per heavy atom. The smallest absolute Gasteiger partial charge is 0.185 e. The lowest BCUT2D eigenvalue weighted by molar-refractivity contribution is 0.387. The summed E-state index contributed by atoms with van der Waals surface area (Å²) in [5.74, 6) is 0. The van der Waals surface area contributed by atoms with Crippen LogP contribution in [0.5, 0.6) is 0 Å². The second kappa shape index (κ2) is 8.32. The van der Waals surface area contributed by atoms with Crippen molar-refractivity contribution in [3.8, 4) is 0 Å². The van der Waals surface area contributed by atoms with Crippen molar-refractivity contribution in [3.63, 3.8) is 0 Å².